The average Bonchev–Trinajstić information content (AvgIpc) is 2.22. The van der Waals surface area contributed by atoms with E-state index in [1.807, 2.05) is 6.07 Å². The number of phenols is 1. The molecule has 0 saturated carbocycles. The maximum atomic E-state index is 9.64. The Morgan fingerprint density at radius 3 is 2.62 bits per heavy atom. The van der Waals surface area contributed by atoms with Crippen molar-refractivity contribution in [3.63, 3.8) is 0 Å². The summed E-state index contributed by atoms with van der Waals surface area (Å²) in [5.41, 5.74) is 12.2. The van der Waals surface area contributed by atoms with Crippen molar-refractivity contribution in [2.45, 2.75) is 25.3 Å². The minimum Gasteiger partial charge on any atom is -0.508 e. The zero-order valence-electron chi connectivity index (χ0n) is 9.03. The van der Waals surface area contributed by atoms with Crippen LogP contribution in [0, 0.1) is 0 Å². The molecule has 0 aromatic heterocycles. The van der Waals surface area contributed by atoms with Gasteiger partial charge in [0.1, 0.15) is 5.75 Å². The lowest BCUT2D eigenvalue weighted by Gasteiger charge is -2.13. The third-order valence-corrected chi connectivity index (χ3v) is 2.85. The van der Waals surface area contributed by atoms with E-state index in [0.29, 0.717) is 6.54 Å². The Bertz CT molecular complexity index is 323. The summed E-state index contributed by atoms with van der Waals surface area (Å²) in [4.78, 5) is 0. The fourth-order valence-electron chi connectivity index (χ4n) is 1.49. The first kappa shape index (κ1) is 15.7. The molecule has 0 unspecified atom stereocenters. The zero-order valence-corrected chi connectivity index (χ0v) is 11.4. The highest BCUT2D eigenvalue weighted by atomic mass is 79.9. The first-order valence-corrected chi connectivity index (χ1v) is 5.88. The fraction of sp³-hybridized carbons (Fsp3) is 0.455. The molecule has 3 nitrogen and oxygen atoms in total. The SMILES string of the molecule is Cl.NCCCC[C@@H](N)c1cc(Br)ccc1O. The van der Waals surface area contributed by atoms with Gasteiger partial charge in [-0.3, -0.25) is 0 Å². The quantitative estimate of drug-likeness (QED) is 0.732. The van der Waals surface area contributed by atoms with Gasteiger partial charge in [-0.05, 0) is 37.6 Å². The van der Waals surface area contributed by atoms with E-state index in [1.165, 1.54) is 0 Å². The van der Waals surface area contributed by atoms with Gasteiger partial charge in [-0.2, -0.15) is 0 Å². The molecule has 0 saturated heterocycles. The summed E-state index contributed by atoms with van der Waals surface area (Å²) in [5.74, 6) is 0.262. The van der Waals surface area contributed by atoms with Crippen molar-refractivity contribution in [1.29, 1.82) is 0 Å². The van der Waals surface area contributed by atoms with Gasteiger partial charge in [0.15, 0.2) is 0 Å². The number of unbranched alkanes of at least 4 members (excludes halogenated alkanes) is 1. The first-order chi connectivity index (χ1) is 7.15. The van der Waals surface area contributed by atoms with E-state index < -0.39 is 0 Å². The van der Waals surface area contributed by atoms with Crippen molar-refractivity contribution >= 4 is 28.3 Å². The highest BCUT2D eigenvalue weighted by Gasteiger charge is 2.10. The van der Waals surface area contributed by atoms with Gasteiger partial charge < -0.3 is 16.6 Å². The maximum absolute atomic E-state index is 9.64. The molecular formula is C11H18BrClN2O. The van der Waals surface area contributed by atoms with Crippen molar-refractivity contribution in [3.05, 3.63) is 28.2 Å². The minimum atomic E-state index is -0.117. The van der Waals surface area contributed by atoms with Crippen LogP contribution in [0.5, 0.6) is 5.75 Å². The first-order valence-electron chi connectivity index (χ1n) is 5.09. The van der Waals surface area contributed by atoms with Crippen LogP contribution < -0.4 is 11.5 Å². The molecule has 0 aliphatic rings. The number of aromatic hydroxyl groups is 1. The van der Waals surface area contributed by atoms with Gasteiger partial charge in [0.05, 0.1) is 0 Å². The molecule has 0 spiro atoms. The molecule has 1 rings (SSSR count). The van der Waals surface area contributed by atoms with E-state index in [2.05, 4.69) is 15.9 Å². The summed E-state index contributed by atoms with van der Waals surface area (Å²) in [6, 6.07) is 5.20. The monoisotopic (exact) mass is 308 g/mol. The molecule has 16 heavy (non-hydrogen) atoms. The van der Waals surface area contributed by atoms with Gasteiger partial charge in [0, 0.05) is 16.1 Å². The fourth-order valence-corrected chi connectivity index (χ4v) is 1.87. The Kier molecular flexibility index (Phi) is 7.76. The van der Waals surface area contributed by atoms with Crippen molar-refractivity contribution in [1.82, 2.24) is 0 Å². The predicted molar refractivity (Wildman–Crippen MR) is 72.9 cm³/mol. The van der Waals surface area contributed by atoms with Crippen LogP contribution in [-0.2, 0) is 0 Å². The van der Waals surface area contributed by atoms with Crippen molar-refractivity contribution < 1.29 is 5.11 Å². The number of hydrogen-bond acceptors (Lipinski definition) is 3. The Balaban J connectivity index is 0.00000225. The van der Waals surface area contributed by atoms with Crippen LogP contribution in [-0.4, -0.2) is 11.7 Å². The molecule has 0 radical (unpaired) electrons. The number of hydrogen-bond donors (Lipinski definition) is 3. The molecule has 5 heteroatoms. The molecule has 1 aromatic rings. The van der Waals surface area contributed by atoms with Crippen molar-refractivity contribution in [3.8, 4) is 5.75 Å². The molecule has 0 heterocycles. The van der Waals surface area contributed by atoms with E-state index in [0.717, 1.165) is 29.3 Å². The summed E-state index contributed by atoms with van der Waals surface area (Å²) in [7, 11) is 0. The molecule has 0 aliphatic heterocycles. The molecule has 1 atom stereocenters. The molecule has 1 aromatic carbocycles. The van der Waals surface area contributed by atoms with Gasteiger partial charge in [-0.25, -0.2) is 0 Å². The van der Waals surface area contributed by atoms with Crippen LogP contribution >= 0.6 is 28.3 Å². The van der Waals surface area contributed by atoms with Crippen LogP contribution in [0.2, 0.25) is 0 Å². The lowest BCUT2D eigenvalue weighted by molar-refractivity contribution is 0.456. The van der Waals surface area contributed by atoms with E-state index in [-0.39, 0.29) is 24.2 Å². The molecule has 0 bridgehead atoms. The summed E-state index contributed by atoms with van der Waals surface area (Å²) < 4.78 is 0.935. The van der Waals surface area contributed by atoms with Gasteiger partial charge in [-0.15, -0.1) is 12.4 Å². The number of halogens is 2. The second-order valence-electron chi connectivity index (χ2n) is 3.59. The maximum Gasteiger partial charge on any atom is 0.120 e. The topological polar surface area (TPSA) is 72.3 Å². The Morgan fingerprint density at radius 1 is 1.31 bits per heavy atom. The molecule has 0 aliphatic carbocycles. The molecular weight excluding hydrogens is 291 g/mol. The van der Waals surface area contributed by atoms with Crippen LogP contribution in [0.25, 0.3) is 0 Å². The van der Waals surface area contributed by atoms with E-state index in [4.69, 9.17) is 11.5 Å². The highest BCUT2D eigenvalue weighted by Crippen LogP contribution is 2.28. The summed E-state index contributed by atoms with van der Waals surface area (Å²) >= 11 is 3.36. The Labute approximate surface area is 111 Å². The summed E-state index contributed by atoms with van der Waals surface area (Å²) in [6.07, 6.45) is 2.81. The molecule has 0 fully saturated rings. The minimum absolute atomic E-state index is 0. The van der Waals surface area contributed by atoms with Gasteiger partial charge >= 0.3 is 0 Å². The summed E-state index contributed by atoms with van der Waals surface area (Å²) in [6.45, 7) is 0.692. The highest BCUT2D eigenvalue weighted by molar-refractivity contribution is 9.10. The van der Waals surface area contributed by atoms with Gasteiger partial charge in [0.2, 0.25) is 0 Å². The van der Waals surface area contributed by atoms with E-state index >= 15 is 0 Å². The molecule has 5 N–H and O–H groups in total. The largest absolute Gasteiger partial charge is 0.508 e. The van der Waals surface area contributed by atoms with E-state index in [9.17, 15) is 5.11 Å². The smallest absolute Gasteiger partial charge is 0.120 e. The lowest BCUT2D eigenvalue weighted by atomic mass is 10.0. The number of benzene rings is 1. The molecule has 92 valence electrons. The standard InChI is InChI=1S/C11H17BrN2O.ClH/c12-8-4-5-11(15)9(7-8)10(14)3-1-2-6-13;/h4-5,7,10,15H,1-3,6,13-14H2;1H/t10-;/m1./s1. The lowest BCUT2D eigenvalue weighted by Crippen LogP contribution is -2.11. The van der Waals surface area contributed by atoms with Crippen LogP contribution in [0.1, 0.15) is 30.9 Å². The van der Waals surface area contributed by atoms with Crippen LogP contribution in [0.4, 0.5) is 0 Å². The summed E-state index contributed by atoms with van der Waals surface area (Å²) in [5, 5.41) is 9.64. The number of rotatable bonds is 5. The number of nitrogens with two attached hydrogens (primary N) is 2. The average molecular weight is 310 g/mol. The van der Waals surface area contributed by atoms with Crippen LogP contribution in [0.15, 0.2) is 22.7 Å². The van der Waals surface area contributed by atoms with Gasteiger partial charge in [-0.1, -0.05) is 22.4 Å². The van der Waals surface area contributed by atoms with Crippen molar-refractivity contribution in [2.24, 2.45) is 11.5 Å². The van der Waals surface area contributed by atoms with Gasteiger partial charge in [0.25, 0.3) is 0 Å². The zero-order chi connectivity index (χ0) is 11.3. The Hall–Kier alpha value is -0.290. The molecule has 0 amide bonds. The van der Waals surface area contributed by atoms with E-state index in [1.54, 1.807) is 12.1 Å². The predicted octanol–water partition coefficient (Wildman–Crippen LogP) is 2.71. The van der Waals surface area contributed by atoms with Crippen LogP contribution in [0.3, 0.4) is 0 Å². The second-order valence-corrected chi connectivity index (χ2v) is 4.51. The Morgan fingerprint density at radius 2 is 2.00 bits per heavy atom. The normalized spacial score (nSPS) is 11.9. The van der Waals surface area contributed by atoms with Crippen molar-refractivity contribution in [2.75, 3.05) is 6.54 Å². The third kappa shape index (κ3) is 4.70. The third-order valence-electron chi connectivity index (χ3n) is 2.36. The second kappa shape index (κ2) is 7.90. The number of phenolic OH excluding ortho intramolecular Hbond substituents is 1.